The minimum absolute atomic E-state index is 0.593. The Morgan fingerprint density at radius 2 is 2.05 bits per heavy atom. The van der Waals surface area contributed by atoms with Gasteiger partial charge in [0.1, 0.15) is 5.82 Å². The second-order valence-electron chi connectivity index (χ2n) is 6.62. The molecule has 3 rings (SSSR count). The average molecular weight is 281 g/mol. The van der Waals surface area contributed by atoms with E-state index in [1.54, 1.807) is 0 Å². The van der Waals surface area contributed by atoms with Crippen molar-refractivity contribution in [2.45, 2.75) is 58.4 Å². The first-order valence-corrected chi connectivity index (χ1v) is 8.09. The van der Waals surface area contributed by atoms with Gasteiger partial charge in [0, 0.05) is 12.5 Å². The van der Waals surface area contributed by atoms with E-state index in [1.807, 2.05) is 12.1 Å². The molecular weight excluding hydrogens is 258 g/mol. The van der Waals surface area contributed by atoms with Crippen molar-refractivity contribution >= 4 is 11.0 Å². The third-order valence-electron chi connectivity index (χ3n) is 4.42. The fraction of sp³-hybridized carbons (Fsp3) is 0.556. The van der Waals surface area contributed by atoms with E-state index in [4.69, 9.17) is 10.2 Å². The van der Waals surface area contributed by atoms with Crippen molar-refractivity contribution in [3.8, 4) is 6.07 Å². The van der Waals surface area contributed by atoms with Crippen molar-refractivity contribution < 1.29 is 0 Å². The van der Waals surface area contributed by atoms with Gasteiger partial charge in [-0.25, -0.2) is 4.98 Å². The van der Waals surface area contributed by atoms with E-state index >= 15 is 0 Å². The van der Waals surface area contributed by atoms with Gasteiger partial charge in [0.25, 0.3) is 0 Å². The van der Waals surface area contributed by atoms with Gasteiger partial charge in [-0.3, -0.25) is 0 Å². The van der Waals surface area contributed by atoms with E-state index < -0.39 is 0 Å². The zero-order chi connectivity index (χ0) is 14.8. The summed E-state index contributed by atoms with van der Waals surface area (Å²) in [6.07, 6.45) is 6.51. The maximum absolute atomic E-state index is 9.08. The maximum Gasteiger partial charge on any atom is 0.112 e. The lowest BCUT2D eigenvalue weighted by Crippen LogP contribution is -2.14. The molecule has 110 valence electrons. The monoisotopic (exact) mass is 281 g/mol. The number of aromatic nitrogens is 2. The highest BCUT2D eigenvalue weighted by molar-refractivity contribution is 5.78. The fourth-order valence-electron chi connectivity index (χ4n) is 3.45. The van der Waals surface area contributed by atoms with E-state index in [0.29, 0.717) is 17.4 Å². The van der Waals surface area contributed by atoms with Crippen LogP contribution in [0.1, 0.15) is 63.3 Å². The number of benzene rings is 1. The highest BCUT2D eigenvalue weighted by Gasteiger charge is 2.22. The van der Waals surface area contributed by atoms with Crippen LogP contribution < -0.4 is 0 Å². The Morgan fingerprint density at radius 1 is 1.29 bits per heavy atom. The van der Waals surface area contributed by atoms with Crippen LogP contribution in [0.4, 0.5) is 0 Å². The Morgan fingerprint density at radius 3 is 2.71 bits per heavy atom. The summed E-state index contributed by atoms with van der Waals surface area (Å²) < 4.78 is 2.40. The standard InChI is InChI=1S/C18H23N3/c1-13(2)12-21-17-9-8-14(11-19)10-16(17)20-18(21)15-6-4-3-5-7-15/h8-10,13,15H,3-7,12H2,1-2H3. The van der Waals surface area contributed by atoms with Crippen LogP contribution in [-0.2, 0) is 6.54 Å². The van der Waals surface area contributed by atoms with E-state index in [-0.39, 0.29) is 0 Å². The van der Waals surface area contributed by atoms with Gasteiger partial charge in [-0.15, -0.1) is 0 Å². The van der Waals surface area contributed by atoms with Crippen molar-refractivity contribution in [2.75, 3.05) is 0 Å². The molecule has 1 aromatic heterocycles. The summed E-state index contributed by atoms with van der Waals surface area (Å²) in [5.41, 5.74) is 2.87. The number of imidazole rings is 1. The van der Waals surface area contributed by atoms with Crippen LogP contribution in [0.5, 0.6) is 0 Å². The molecule has 0 saturated heterocycles. The number of nitrogens with zero attached hydrogens (tertiary/aromatic N) is 3. The first kappa shape index (κ1) is 14.1. The quantitative estimate of drug-likeness (QED) is 0.824. The maximum atomic E-state index is 9.08. The third kappa shape index (κ3) is 2.81. The van der Waals surface area contributed by atoms with Crippen molar-refractivity contribution in [1.29, 1.82) is 5.26 Å². The molecule has 21 heavy (non-hydrogen) atoms. The van der Waals surface area contributed by atoms with Gasteiger partial charge in [-0.05, 0) is 37.0 Å². The summed E-state index contributed by atoms with van der Waals surface area (Å²) in [5.74, 6) is 2.43. The van der Waals surface area contributed by atoms with Gasteiger partial charge in [0.2, 0.25) is 0 Å². The summed E-state index contributed by atoms with van der Waals surface area (Å²) in [4.78, 5) is 4.91. The molecule has 0 bridgehead atoms. The second-order valence-corrected chi connectivity index (χ2v) is 6.62. The first-order valence-electron chi connectivity index (χ1n) is 8.09. The lowest BCUT2D eigenvalue weighted by Gasteiger charge is -2.23. The van der Waals surface area contributed by atoms with Gasteiger partial charge in [0.05, 0.1) is 22.7 Å². The molecule has 0 atom stereocenters. The molecule has 1 aromatic carbocycles. The minimum atomic E-state index is 0.593. The summed E-state index contributed by atoms with van der Waals surface area (Å²) in [6, 6.07) is 8.12. The molecule has 0 unspecified atom stereocenters. The van der Waals surface area contributed by atoms with Gasteiger partial charge < -0.3 is 4.57 Å². The molecule has 0 radical (unpaired) electrons. The lowest BCUT2D eigenvalue weighted by molar-refractivity contribution is 0.406. The van der Waals surface area contributed by atoms with Crippen LogP contribution >= 0.6 is 0 Å². The third-order valence-corrected chi connectivity index (χ3v) is 4.42. The highest BCUT2D eigenvalue weighted by Crippen LogP contribution is 2.34. The number of nitriles is 1. The molecule has 1 aliphatic rings. The van der Waals surface area contributed by atoms with Crippen LogP contribution in [0, 0.1) is 17.2 Å². The molecule has 1 saturated carbocycles. The van der Waals surface area contributed by atoms with Crippen LogP contribution in [-0.4, -0.2) is 9.55 Å². The molecular formula is C18H23N3. The van der Waals surface area contributed by atoms with Gasteiger partial charge >= 0.3 is 0 Å². The first-order chi connectivity index (χ1) is 10.2. The minimum Gasteiger partial charge on any atom is -0.327 e. The Labute approximate surface area is 126 Å². The van der Waals surface area contributed by atoms with E-state index in [1.165, 1.54) is 43.4 Å². The summed E-state index contributed by atoms with van der Waals surface area (Å²) in [7, 11) is 0. The molecule has 1 fully saturated rings. The van der Waals surface area contributed by atoms with Gasteiger partial charge in [-0.2, -0.15) is 5.26 Å². The Balaban J connectivity index is 2.09. The Kier molecular flexibility index (Phi) is 3.96. The number of hydrogen-bond donors (Lipinski definition) is 0. The summed E-state index contributed by atoms with van der Waals surface area (Å²) in [6.45, 7) is 5.51. The van der Waals surface area contributed by atoms with Crippen molar-refractivity contribution in [1.82, 2.24) is 9.55 Å². The van der Waals surface area contributed by atoms with Crippen molar-refractivity contribution in [3.63, 3.8) is 0 Å². The predicted molar refractivity (Wildman–Crippen MR) is 85.1 cm³/mol. The zero-order valence-electron chi connectivity index (χ0n) is 13.0. The molecule has 2 aromatic rings. The smallest absolute Gasteiger partial charge is 0.112 e. The molecule has 0 N–H and O–H groups in total. The van der Waals surface area contributed by atoms with E-state index in [2.05, 4.69) is 30.6 Å². The van der Waals surface area contributed by atoms with Gasteiger partial charge in [-0.1, -0.05) is 33.1 Å². The van der Waals surface area contributed by atoms with Gasteiger partial charge in [0.15, 0.2) is 0 Å². The Bertz CT molecular complexity index is 670. The Hall–Kier alpha value is -1.82. The van der Waals surface area contributed by atoms with E-state index in [0.717, 1.165) is 12.1 Å². The summed E-state index contributed by atoms with van der Waals surface area (Å²) in [5, 5.41) is 9.08. The average Bonchev–Trinajstić information content (AvgIpc) is 2.85. The molecule has 3 nitrogen and oxygen atoms in total. The number of rotatable bonds is 3. The van der Waals surface area contributed by atoms with Crippen molar-refractivity contribution in [3.05, 3.63) is 29.6 Å². The predicted octanol–water partition coefficient (Wildman–Crippen LogP) is 4.61. The topological polar surface area (TPSA) is 41.6 Å². The molecule has 0 amide bonds. The SMILES string of the molecule is CC(C)Cn1c(C2CCCCC2)nc2cc(C#N)ccc21. The molecule has 3 heteroatoms. The molecule has 0 aliphatic heterocycles. The highest BCUT2D eigenvalue weighted by atomic mass is 15.1. The summed E-state index contributed by atoms with van der Waals surface area (Å²) >= 11 is 0. The molecule has 1 heterocycles. The number of hydrogen-bond acceptors (Lipinski definition) is 2. The second kappa shape index (κ2) is 5.89. The number of fused-ring (bicyclic) bond motifs is 1. The van der Waals surface area contributed by atoms with Crippen LogP contribution in [0.15, 0.2) is 18.2 Å². The fourth-order valence-corrected chi connectivity index (χ4v) is 3.45. The molecule has 0 spiro atoms. The van der Waals surface area contributed by atoms with Crippen LogP contribution in [0.3, 0.4) is 0 Å². The lowest BCUT2D eigenvalue weighted by atomic mass is 9.88. The van der Waals surface area contributed by atoms with E-state index in [9.17, 15) is 0 Å². The van der Waals surface area contributed by atoms with Crippen LogP contribution in [0.25, 0.3) is 11.0 Å². The zero-order valence-corrected chi connectivity index (χ0v) is 13.0. The van der Waals surface area contributed by atoms with Crippen molar-refractivity contribution in [2.24, 2.45) is 5.92 Å². The van der Waals surface area contributed by atoms with Crippen LogP contribution in [0.2, 0.25) is 0 Å². The normalized spacial score (nSPS) is 16.5. The largest absolute Gasteiger partial charge is 0.327 e. The molecule has 1 aliphatic carbocycles.